The Balaban J connectivity index is 2.60. The average Bonchev–Trinajstić information content (AvgIpc) is 2.53. The number of amides is 2. The van der Waals surface area contributed by atoms with Crippen molar-refractivity contribution < 1.29 is 18.4 Å². The summed E-state index contributed by atoms with van der Waals surface area (Å²) < 4.78 is 26.3. The van der Waals surface area contributed by atoms with E-state index in [-0.39, 0.29) is 16.1 Å². The molecule has 7 heteroatoms. The minimum absolute atomic E-state index is 0.0667. The minimum Gasteiger partial charge on any atom is -0.391 e. The van der Waals surface area contributed by atoms with Crippen molar-refractivity contribution in [3.05, 3.63) is 34.9 Å². The fourth-order valence-electron chi connectivity index (χ4n) is 1.85. The molecule has 0 bridgehead atoms. The molecule has 19 heavy (non-hydrogen) atoms. The number of hydrogen-bond acceptors (Lipinski definition) is 3. The molecule has 1 aliphatic rings. The fraction of sp³-hybridized carbons (Fsp3) is 0.250. The van der Waals surface area contributed by atoms with Crippen molar-refractivity contribution >= 4 is 29.0 Å². The van der Waals surface area contributed by atoms with Crippen LogP contribution in [0.2, 0.25) is 0 Å². The van der Waals surface area contributed by atoms with E-state index in [9.17, 15) is 18.4 Å². The highest BCUT2D eigenvalue weighted by Crippen LogP contribution is 2.30. The Morgan fingerprint density at radius 3 is 1.84 bits per heavy atom. The zero-order valence-corrected chi connectivity index (χ0v) is 11.0. The van der Waals surface area contributed by atoms with Crippen LogP contribution in [0.4, 0.5) is 8.78 Å². The van der Waals surface area contributed by atoms with Crippen LogP contribution in [0.5, 0.6) is 0 Å². The fourth-order valence-corrected chi connectivity index (χ4v) is 1.94. The quantitative estimate of drug-likeness (QED) is 0.662. The third-order valence-electron chi connectivity index (χ3n) is 3.09. The molecule has 2 rings (SSSR count). The van der Waals surface area contributed by atoms with Gasteiger partial charge < -0.3 is 5.73 Å². The van der Waals surface area contributed by atoms with Crippen LogP contribution in [0, 0.1) is 11.6 Å². The number of fused-ring (bicyclic) bond motifs is 1. The van der Waals surface area contributed by atoms with Gasteiger partial charge in [-0.1, -0.05) is 12.2 Å². The second-order valence-electron chi connectivity index (χ2n) is 4.68. The molecule has 1 aromatic rings. The van der Waals surface area contributed by atoms with Gasteiger partial charge in [0.15, 0.2) is 11.6 Å². The van der Waals surface area contributed by atoms with Crippen LogP contribution in [0.25, 0.3) is 0 Å². The second kappa shape index (κ2) is 4.06. The number of benzene rings is 1. The maximum atomic E-state index is 13.1. The maximum absolute atomic E-state index is 13.1. The predicted molar refractivity (Wildman–Crippen MR) is 67.7 cm³/mol. The molecule has 2 amide bonds. The number of carbonyl (C=O) groups excluding carboxylic acids is 2. The third kappa shape index (κ3) is 1.81. The van der Waals surface area contributed by atoms with Gasteiger partial charge in [-0.2, -0.15) is 0 Å². The van der Waals surface area contributed by atoms with E-state index in [2.05, 4.69) is 0 Å². The second-order valence-corrected chi connectivity index (χ2v) is 5.12. The van der Waals surface area contributed by atoms with E-state index in [1.807, 2.05) is 0 Å². The summed E-state index contributed by atoms with van der Waals surface area (Å²) in [6.45, 7) is 2.98. The SMILES string of the molecule is CC(C)(C(N)=S)N1C(=O)c2cc(F)c(F)cc2C1=O. The van der Waals surface area contributed by atoms with Gasteiger partial charge in [-0.05, 0) is 26.0 Å². The molecule has 1 aliphatic heterocycles. The van der Waals surface area contributed by atoms with E-state index in [0.717, 1.165) is 4.90 Å². The predicted octanol–water partition coefficient (Wildman–Crippen LogP) is 1.63. The molecule has 0 fully saturated rings. The first-order chi connectivity index (χ1) is 8.67. The van der Waals surface area contributed by atoms with E-state index < -0.39 is 29.0 Å². The molecular formula is C12H10F2N2O2S. The molecule has 0 saturated heterocycles. The molecule has 0 aliphatic carbocycles. The first kappa shape index (κ1) is 13.5. The van der Waals surface area contributed by atoms with Crippen LogP contribution in [-0.2, 0) is 0 Å². The van der Waals surface area contributed by atoms with Crippen LogP contribution in [0.15, 0.2) is 12.1 Å². The van der Waals surface area contributed by atoms with Gasteiger partial charge in [-0.15, -0.1) is 0 Å². The minimum atomic E-state index is -1.21. The molecule has 1 heterocycles. The van der Waals surface area contributed by atoms with Gasteiger partial charge in [0, 0.05) is 0 Å². The van der Waals surface area contributed by atoms with Crippen molar-refractivity contribution in [3.63, 3.8) is 0 Å². The Hall–Kier alpha value is -1.89. The summed E-state index contributed by atoms with van der Waals surface area (Å²) in [6.07, 6.45) is 0. The summed E-state index contributed by atoms with van der Waals surface area (Å²) in [5.74, 6) is -3.85. The summed E-state index contributed by atoms with van der Waals surface area (Å²) in [7, 11) is 0. The molecule has 0 unspecified atom stereocenters. The first-order valence-electron chi connectivity index (χ1n) is 5.35. The lowest BCUT2D eigenvalue weighted by atomic mass is 10.0. The van der Waals surface area contributed by atoms with E-state index in [1.165, 1.54) is 13.8 Å². The van der Waals surface area contributed by atoms with Gasteiger partial charge in [0.2, 0.25) is 0 Å². The topological polar surface area (TPSA) is 63.4 Å². The van der Waals surface area contributed by atoms with Crippen LogP contribution in [-0.4, -0.2) is 27.2 Å². The van der Waals surface area contributed by atoms with Gasteiger partial charge in [0.25, 0.3) is 11.8 Å². The largest absolute Gasteiger partial charge is 0.391 e. The Labute approximate surface area is 113 Å². The Morgan fingerprint density at radius 1 is 1.16 bits per heavy atom. The van der Waals surface area contributed by atoms with Gasteiger partial charge in [-0.25, -0.2) is 8.78 Å². The lowest BCUT2D eigenvalue weighted by molar-refractivity contribution is 0.0562. The maximum Gasteiger partial charge on any atom is 0.262 e. The van der Waals surface area contributed by atoms with Crippen LogP contribution >= 0.6 is 12.2 Å². The van der Waals surface area contributed by atoms with E-state index in [0.29, 0.717) is 12.1 Å². The zero-order valence-electron chi connectivity index (χ0n) is 10.2. The molecule has 0 atom stereocenters. The van der Waals surface area contributed by atoms with Gasteiger partial charge in [0.05, 0.1) is 21.7 Å². The highest BCUT2D eigenvalue weighted by atomic mass is 32.1. The third-order valence-corrected chi connectivity index (χ3v) is 3.59. The first-order valence-corrected chi connectivity index (χ1v) is 5.76. The van der Waals surface area contributed by atoms with E-state index in [1.54, 1.807) is 0 Å². The van der Waals surface area contributed by atoms with Crippen molar-refractivity contribution in [1.29, 1.82) is 0 Å². The van der Waals surface area contributed by atoms with Crippen LogP contribution < -0.4 is 5.73 Å². The van der Waals surface area contributed by atoms with Crippen molar-refractivity contribution in [2.75, 3.05) is 0 Å². The molecule has 0 saturated carbocycles. The molecule has 100 valence electrons. The van der Waals surface area contributed by atoms with Crippen LogP contribution in [0.1, 0.15) is 34.6 Å². The molecular weight excluding hydrogens is 274 g/mol. The summed E-state index contributed by atoms with van der Waals surface area (Å²) in [5.41, 5.74) is 3.92. The molecule has 0 aromatic heterocycles. The number of rotatable bonds is 2. The van der Waals surface area contributed by atoms with Gasteiger partial charge in [-0.3, -0.25) is 14.5 Å². The van der Waals surface area contributed by atoms with Crippen molar-refractivity contribution in [3.8, 4) is 0 Å². The molecule has 2 N–H and O–H groups in total. The number of nitrogens with two attached hydrogens (primary N) is 1. The number of hydrogen-bond donors (Lipinski definition) is 1. The summed E-state index contributed by atoms with van der Waals surface area (Å²) >= 11 is 4.82. The molecule has 0 radical (unpaired) electrons. The highest BCUT2D eigenvalue weighted by molar-refractivity contribution is 7.80. The number of nitrogens with zero attached hydrogens (tertiary/aromatic N) is 1. The number of thiocarbonyl (C=S) groups is 1. The molecule has 0 spiro atoms. The van der Waals surface area contributed by atoms with Crippen molar-refractivity contribution in [1.82, 2.24) is 4.90 Å². The number of imide groups is 1. The normalized spacial score (nSPS) is 14.8. The lowest BCUT2D eigenvalue weighted by Gasteiger charge is -2.32. The average molecular weight is 284 g/mol. The highest BCUT2D eigenvalue weighted by Gasteiger charge is 2.46. The Morgan fingerprint density at radius 2 is 1.53 bits per heavy atom. The van der Waals surface area contributed by atoms with Crippen LogP contribution in [0.3, 0.4) is 0 Å². The summed E-state index contributed by atoms with van der Waals surface area (Å²) in [4.78, 5) is 25.0. The summed E-state index contributed by atoms with van der Waals surface area (Å²) in [5, 5.41) is 0. The standard InChI is InChI=1S/C12H10F2N2O2S/c1-12(2,11(15)19)16-9(17)5-3-7(13)8(14)4-6(5)10(16)18/h3-4H,1-2H3,(H2,15,19). The Kier molecular flexibility index (Phi) is 2.89. The zero-order chi connectivity index (χ0) is 14.5. The van der Waals surface area contributed by atoms with Gasteiger partial charge in [0.1, 0.15) is 0 Å². The number of halogens is 2. The van der Waals surface area contributed by atoms with Crippen molar-refractivity contribution in [2.24, 2.45) is 5.73 Å². The summed E-state index contributed by atoms with van der Waals surface area (Å²) in [6, 6.07) is 1.42. The lowest BCUT2D eigenvalue weighted by Crippen LogP contribution is -2.54. The van der Waals surface area contributed by atoms with Crippen molar-refractivity contribution in [2.45, 2.75) is 19.4 Å². The monoisotopic (exact) mass is 284 g/mol. The Bertz CT molecular complexity index is 587. The smallest absolute Gasteiger partial charge is 0.262 e. The molecule has 1 aromatic carbocycles. The van der Waals surface area contributed by atoms with E-state index >= 15 is 0 Å². The molecule has 4 nitrogen and oxygen atoms in total. The van der Waals surface area contributed by atoms with E-state index in [4.69, 9.17) is 18.0 Å². The number of carbonyl (C=O) groups is 2. The van der Waals surface area contributed by atoms with Gasteiger partial charge >= 0.3 is 0 Å².